The van der Waals surface area contributed by atoms with Crippen LogP contribution in [0.1, 0.15) is 22.2 Å². The van der Waals surface area contributed by atoms with Crippen molar-refractivity contribution in [2.45, 2.75) is 12.5 Å². The second-order valence-electron chi connectivity index (χ2n) is 6.00. The number of nitrogens with one attached hydrogen (secondary N) is 1. The van der Waals surface area contributed by atoms with Crippen molar-refractivity contribution in [3.05, 3.63) is 57.2 Å². The molecule has 0 aliphatic carbocycles. The number of amides is 3. The number of carbonyl (C=O) groups is 4. The van der Waals surface area contributed by atoms with Crippen molar-refractivity contribution in [2.75, 3.05) is 13.2 Å². The molecule has 1 aromatic heterocycles. The molecule has 7 nitrogen and oxygen atoms in total. The number of ether oxygens (including phenoxy) is 1. The Balaban J connectivity index is 1.62. The minimum absolute atomic E-state index is 0.361. The van der Waals surface area contributed by atoms with E-state index < -0.39 is 42.4 Å². The van der Waals surface area contributed by atoms with Crippen LogP contribution in [0.2, 0.25) is 4.34 Å². The van der Waals surface area contributed by atoms with Crippen LogP contribution in [0.5, 0.6) is 0 Å². The third kappa shape index (κ3) is 3.86. The molecular weight excluding hydrogens is 392 g/mol. The number of Topliss-reactive ketones (excluding diaryl/α,β-unsaturated/α-hetero) is 1. The lowest BCUT2D eigenvalue weighted by atomic mass is 9.92. The number of halogens is 1. The van der Waals surface area contributed by atoms with E-state index in [1.165, 1.54) is 6.07 Å². The Morgan fingerprint density at radius 2 is 1.89 bits per heavy atom. The Kier molecular flexibility index (Phi) is 5.29. The van der Waals surface area contributed by atoms with E-state index in [2.05, 4.69) is 5.32 Å². The highest BCUT2D eigenvalue weighted by molar-refractivity contribution is 7.18. The van der Waals surface area contributed by atoms with Gasteiger partial charge in [0.15, 0.2) is 6.61 Å². The van der Waals surface area contributed by atoms with Crippen molar-refractivity contribution in [1.29, 1.82) is 0 Å². The van der Waals surface area contributed by atoms with E-state index in [9.17, 15) is 19.2 Å². The van der Waals surface area contributed by atoms with Crippen molar-refractivity contribution >= 4 is 46.6 Å². The number of urea groups is 1. The molecule has 1 N–H and O–H groups in total. The minimum atomic E-state index is -1.26. The second-order valence-corrected chi connectivity index (χ2v) is 7.72. The molecule has 0 saturated carbocycles. The monoisotopic (exact) mass is 406 g/mol. The van der Waals surface area contributed by atoms with Crippen molar-refractivity contribution in [2.24, 2.45) is 0 Å². The lowest BCUT2D eigenvalue weighted by Gasteiger charge is -2.21. The van der Waals surface area contributed by atoms with Gasteiger partial charge in [0.1, 0.15) is 12.1 Å². The van der Waals surface area contributed by atoms with E-state index in [-0.39, 0.29) is 0 Å². The summed E-state index contributed by atoms with van der Waals surface area (Å²) in [7, 11) is 0. The number of imide groups is 1. The molecule has 0 unspecified atom stereocenters. The third-order valence-electron chi connectivity index (χ3n) is 4.13. The predicted octanol–water partition coefficient (Wildman–Crippen LogP) is 2.59. The van der Waals surface area contributed by atoms with Gasteiger partial charge in [-0.25, -0.2) is 4.79 Å². The molecule has 0 radical (unpaired) electrons. The smallest absolute Gasteiger partial charge is 0.326 e. The molecule has 1 aromatic carbocycles. The molecule has 140 valence electrons. The summed E-state index contributed by atoms with van der Waals surface area (Å²) in [5.41, 5.74) is -0.661. The maximum atomic E-state index is 12.7. The maximum absolute atomic E-state index is 12.7. The zero-order chi connectivity index (χ0) is 19.6. The Labute approximate surface area is 163 Å². The van der Waals surface area contributed by atoms with Crippen LogP contribution >= 0.6 is 22.9 Å². The fourth-order valence-corrected chi connectivity index (χ4v) is 3.63. The summed E-state index contributed by atoms with van der Waals surface area (Å²) in [5, 5.41) is 2.59. The molecular formula is C18H15ClN2O5S. The molecule has 9 heteroatoms. The van der Waals surface area contributed by atoms with Crippen LogP contribution in [-0.2, 0) is 19.9 Å². The van der Waals surface area contributed by atoms with E-state index in [4.69, 9.17) is 16.3 Å². The summed E-state index contributed by atoms with van der Waals surface area (Å²) in [5.74, 6) is -1.83. The van der Waals surface area contributed by atoms with Gasteiger partial charge in [-0.1, -0.05) is 41.9 Å². The Bertz CT molecular complexity index is 913. The fourth-order valence-electron chi connectivity index (χ4n) is 2.66. The molecule has 0 bridgehead atoms. The summed E-state index contributed by atoms with van der Waals surface area (Å²) in [6, 6.07) is 11.1. The molecule has 0 spiro atoms. The Hall–Kier alpha value is -2.71. The quantitative estimate of drug-likeness (QED) is 0.452. The number of hydrogen-bond donors (Lipinski definition) is 1. The lowest BCUT2D eigenvalue weighted by molar-refractivity contribution is -0.146. The topological polar surface area (TPSA) is 92.8 Å². The third-order valence-corrected chi connectivity index (χ3v) is 5.40. The van der Waals surface area contributed by atoms with Crippen LogP contribution in [-0.4, -0.2) is 41.7 Å². The SMILES string of the molecule is C[C@@]1(c2ccccc2)NC(=O)N(CC(=O)OCC(=O)c2ccc(Cl)s2)C1=O. The molecule has 3 amide bonds. The van der Waals surface area contributed by atoms with Gasteiger partial charge in [0.2, 0.25) is 5.78 Å². The number of rotatable bonds is 6. The number of carbonyl (C=O) groups excluding carboxylic acids is 4. The largest absolute Gasteiger partial charge is 0.456 e. The number of ketones is 1. The Morgan fingerprint density at radius 1 is 1.19 bits per heavy atom. The molecule has 1 saturated heterocycles. The summed E-state index contributed by atoms with van der Waals surface area (Å²) < 4.78 is 5.35. The zero-order valence-corrected chi connectivity index (χ0v) is 15.8. The number of hydrogen-bond acceptors (Lipinski definition) is 6. The van der Waals surface area contributed by atoms with Crippen LogP contribution < -0.4 is 5.32 Å². The lowest BCUT2D eigenvalue weighted by Crippen LogP contribution is -2.41. The predicted molar refractivity (Wildman–Crippen MR) is 98.7 cm³/mol. The molecule has 2 heterocycles. The van der Waals surface area contributed by atoms with Crippen LogP contribution in [0.15, 0.2) is 42.5 Å². The number of esters is 1. The summed E-state index contributed by atoms with van der Waals surface area (Å²) >= 11 is 6.83. The van der Waals surface area contributed by atoms with E-state index >= 15 is 0 Å². The van der Waals surface area contributed by atoms with E-state index in [1.807, 2.05) is 0 Å². The summed E-state index contributed by atoms with van der Waals surface area (Å²) in [6.45, 7) is 0.499. The first-order valence-electron chi connectivity index (χ1n) is 7.95. The zero-order valence-electron chi connectivity index (χ0n) is 14.2. The van der Waals surface area contributed by atoms with Gasteiger partial charge in [-0.2, -0.15) is 0 Å². The molecule has 1 aliphatic rings. The summed E-state index contributed by atoms with van der Waals surface area (Å²) in [6.07, 6.45) is 0. The average Bonchev–Trinajstić information content (AvgIpc) is 3.18. The average molecular weight is 407 g/mol. The van der Waals surface area contributed by atoms with Crippen molar-refractivity contribution in [1.82, 2.24) is 10.2 Å². The molecule has 1 fully saturated rings. The molecule has 2 aromatic rings. The van der Waals surface area contributed by atoms with Gasteiger partial charge in [0.05, 0.1) is 9.21 Å². The van der Waals surface area contributed by atoms with Gasteiger partial charge < -0.3 is 10.1 Å². The first kappa shape index (κ1) is 19.1. The van der Waals surface area contributed by atoms with Gasteiger partial charge >= 0.3 is 12.0 Å². The first-order chi connectivity index (χ1) is 12.8. The molecule has 1 aliphatic heterocycles. The highest BCUT2D eigenvalue weighted by Gasteiger charge is 2.49. The van der Waals surface area contributed by atoms with E-state index in [0.29, 0.717) is 14.8 Å². The van der Waals surface area contributed by atoms with Crippen molar-refractivity contribution in [3.63, 3.8) is 0 Å². The van der Waals surface area contributed by atoms with Gasteiger partial charge in [0.25, 0.3) is 5.91 Å². The van der Waals surface area contributed by atoms with Crippen LogP contribution in [0.25, 0.3) is 0 Å². The number of thiophene rings is 1. The van der Waals surface area contributed by atoms with Crippen LogP contribution in [0.3, 0.4) is 0 Å². The second kappa shape index (κ2) is 7.50. The van der Waals surface area contributed by atoms with Gasteiger partial charge in [-0.15, -0.1) is 11.3 Å². The maximum Gasteiger partial charge on any atom is 0.326 e. The van der Waals surface area contributed by atoms with Gasteiger partial charge in [-0.3, -0.25) is 19.3 Å². The standard InChI is InChI=1S/C18H15ClN2O5S/c1-18(11-5-3-2-4-6-11)16(24)21(17(25)20-18)9-15(23)26-10-12(22)13-7-8-14(19)27-13/h2-8H,9-10H2,1H3,(H,20,25)/t18-/m0/s1. The fraction of sp³-hybridized carbons (Fsp3) is 0.222. The van der Waals surface area contributed by atoms with E-state index in [0.717, 1.165) is 16.2 Å². The van der Waals surface area contributed by atoms with Gasteiger partial charge in [0, 0.05) is 0 Å². The number of benzene rings is 1. The molecule has 1 atom stereocenters. The normalized spacial score (nSPS) is 19.1. The van der Waals surface area contributed by atoms with Crippen LogP contribution in [0, 0.1) is 0 Å². The molecule has 3 rings (SSSR count). The first-order valence-corrected chi connectivity index (χ1v) is 9.14. The number of nitrogens with zero attached hydrogens (tertiary/aromatic N) is 1. The van der Waals surface area contributed by atoms with Crippen molar-refractivity contribution < 1.29 is 23.9 Å². The molecule has 27 heavy (non-hydrogen) atoms. The van der Waals surface area contributed by atoms with Crippen LogP contribution in [0.4, 0.5) is 4.79 Å². The minimum Gasteiger partial charge on any atom is -0.456 e. The Morgan fingerprint density at radius 3 is 2.52 bits per heavy atom. The van der Waals surface area contributed by atoms with Gasteiger partial charge in [-0.05, 0) is 24.6 Å². The van der Waals surface area contributed by atoms with E-state index in [1.54, 1.807) is 43.3 Å². The summed E-state index contributed by atoms with van der Waals surface area (Å²) in [4.78, 5) is 49.9. The highest BCUT2D eigenvalue weighted by atomic mass is 35.5. The highest BCUT2D eigenvalue weighted by Crippen LogP contribution is 2.28. The van der Waals surface area contributed by atoms with Crippen molar-refractivity contribution in [3.8, 4) is 0 Å².